The van der Waals surface area contributed by atoms with Crippen molar-refractivity contribution in [2.45, 2.75) is 13.5 Å². The summed E-state index contributed by atoms with van der Waals surface area (Å²) in [6.45, 7) is 2.52. The number of rotatable bonds is 7. The van der Waals surface area contributed by atoms with Crippen molar-refractivity contribution >= 4 is 80.8 Å². The summed E-state index contributed by atoms with van der Waals surface area (Å²) in [6.07, 6.45) is 1.67. The summed E-state index contributed by atoms with van der Waals surface area (Å²) in [7, 11) is 0. The molecule has 10 heteroatoms. The minimum absolute atomic E-state index is 0.0946. The second-order valence-electron chi connectivity index (χ2n) is 7.29. The number of anilines is 1. The highest BCUT2D eigenvalue weighted by atomic mass is 35.5. The fourth-order valence-electron chi connectivity index (χ4n) is 3.28. The number of amides is 1. The van der Waals surface area contributed by atoms with Crippen LogP contribution in [0.3, 0.4) is 0 Å². The van der Waals surface area contributed by atoms with E-state index in [0.29, 0.717) is 48.6 Å². The van der Waals surface area contributed by atoms with Crippen LogP contribution < -0.4 is 14.4 Å². The van der Waals surface area contributed by atoms with Gasteiger partial charge in [-0.2, -0.15) is 0 Å². The Morgan fingerprint density at radius 2 is 1.77 bits per heavy atom. The number of thiocarbonyl (C=S) groups is 1. The van der Waals surface area contributed by atoms with Crippen LogP contribution in [0.2, 0.25) is 15.1 Å². The Morgan fingerprint density at radius 1 is 1.03 bits per heavy atom. The molecule has 1 aliphatic rings. The molecule has 180 valence electrons. The van der Waals surface area contributed by atoms with Crippen LogP contribution in [-0.4, -0.2) is 16.8 Å². The molecule has 4 nitrogen and oxygen atoms in total. The average molecular weight is 569 g/mol. The lowest BCUT2D eigenvalue weighted by Crippen LogP contribution is -2.27. The summed E-state index contributed by atoms with van der Waals surface area (Å²) in [5, 5.41) is 0.874. The third-order valence-electron chi connectivity index (χ3n) is 4.88. The summed E-state index contributed by atoms with van der Waals surface area (Å²) in [4.78, 5) is 14.8. The highest BCUT2D eigenvalue weighted by Crippen LogP contribution is 2.41. The predicted molar refractivity (Wildman–Crippen MR) is 145 cm³/mol. The third-order valence-corrected chi connectivity index (χ3v) is 7.01. The summed E-state index contributed by atoms with van der Waals surface area (Å²) < 4.78 is 25.6. The average Bonchev–Trinajstić information content (AvgIpc) is 3.09. The molecule has 1 fully saturated rings. The molecule has 0 spiro atoms. The largest absolute Gasteiger partial charge is 0.490 e. The lowest BCUT2D eigenvalue weighted by molar-refractivity contribution is -0.113. The molecule has 1 aliphatic heterocycles. The van der Waals surface area contributed by atoms with Gasteiger partial charge in [0.25, 0.3) is 5.91 Å². The molecule has 3 aromatic rings. The second-order valence-corrected chi connectivity index (χ2v) is 10.2. The Kier molecular flexibility index (Phi) is 8.24. The molecule has 0 radical (unpaired) electrons. The Bertz CT molecular complexity index is 1330. The minimum atomic E-state index is -0.576. The first-order valence-corrected chi connectivity index (χ1v) is 12.7. The lowest BCUT2D eigenvalue weighted by atomic mass is 10.1. The van der Waals surface area contributed by atoms with Crippen LogP contribution >= 0.6 is 58.8 Å². The van der Waals surface area contributed by atoms with Crippen LogP contribution in [0.1, 0.15) is 18.1 Å². The highest BCUT2D eigenvalue weighted by Gasteiger charge is 2.33. The minimum Gasteiger partial charge on any atom is -0.490 e. The predicted octanol–water partition coefficient (Wildman–Crippen LogP) is 8.17. The summed E-state index contributed by atoms with van der Waals surface area (Å²) in [5.74, 6) is -0.0807. The third kappa shape index (κ3) is 5.93. The summed E-state index contributed by atoms with van der Waals surface area (Å²) in [6, 6.07) is 14.7. The zero-order valence-corrected chi connectivity index (χ0v) is 22.1. The molecular formula is C25H17Cl3FNO3S2. The van der Waals surface area contributed by atoms with Gasteiger partial charge in [0, 0.05) is 5.02 Å². The topological polar surface area (TPSA) is 38.8 Å². The quantitative estimate of drug-likeness (QED) is 0.212. The number of halogens is 4. The fourth-order valence-corrected chi connectivity index (χ4v) is 5.15. The van der Waals surface area contributed by atoms with Crippen molar-refractivity contribution in [2.75, 3.05) is 11.5 Å². The van der Waals surface area contributed by atoms with Crippen LogP contribution in [0.5, 0.6) is 11.5 Å². The van der Waals surface area contributed by atoms with E-state index in [-0.39, 0.29) is 17.5 Å². The van der Waals surface area contributed by atoms with Gasteiger partial charge in [0.1, 0.15) is 12.4 Å². The smallest absolute Gasteiger partial charge is 0.270 e. The fraction of sp³-hybridized carbons (Fsp3) is 0.120. The number of carbonyl (C=O) groups excluding carboxylic acids is 1. The van der Waals surface area contributed by atoms with Crippen molar-refractivity contribution in [3.8, 4) is 11.5 Å². The van der Waals surface area contributed by atoms with Gasteiger partial charge in [0.2, 0.25) is 0 Å². The van der Waals surface area contributed by atoms with Crippen LogP contribution in [0.25, 0.3) is 6.08 Å². The lowest BCUT2D eigenvalue weighted by Gasteiger charge is -2.15. The van der Waals surface area contributed by atoms with E-state index in [1.54, 1.807) is 30.3 Å². The van der Waals surface area contributed by atoms with Gasteiger partial charge in [-0.1, -0.05) is 70.9 Å². The van der Waals surface area contributed by atoms with Crippen LogP contribution in [0, 0.1) is 5.82 Å². The van der Waals surface area contributed by atoms with Gasteiger partial charge < -0.3 is 9.47 Å². The summed E-state index contributed by atoms with van der Waals surface area (Å²) >= 11 is 24.9. The van der Waals surface area contributed by atoms with Gasteiger partial charge in [0.05, 0.1) is 27.2 Å². The van der Waals surface area contributed by atoms with Crippen LogP contribution in [0.15, 0.2) is 59.5 Å². The maximum atomic E-state index is 13.6. The molecule has 1 amide bonds. The Balaban J connectivity index is 1.60. The molecule has 0 aromatic heterocycles. The summed E-state index contributed by atoms with van der Waals surface area (Å²) in [5.41, 5.74) is 1.94. The molecule has 0 N–H and O–H groups in total. The van der Waals surface area contributed by atoms with Crippen molar-refractivity contribution in [2.24, 2.45) is 0 Å². The van der Waals surface area contributed by atoms with E-state index in [1.807, 2.05) is 19.1 Å². The SMILES string of the molecule is CCOc1cc(C=C2SC(=S)N(c3ccc(F)c(Cl)c3)C2=O)cc(Cl)c1OCc1ccc(Cl)cc1. The molecule has 4 rings (SSSR count). The molecule has 35 heavy (non-hydrogen) atoms. The van der Waals surface area contributed by atoms with Gasteiger partial charge in [-0.05, 0) is 66.6 Å². The first-order valence-electron chi connectivity index (χ1n) is 10.3. The normalized spacial score (nSPS) is 14.7. The van der Waals surface area contributed by atoms with Gasteiger partial charge in [0.15, 0.2) is 15.8 Å². The zero-order chi connectivity index (χ0) is 25.1. The highest BCUT2D eigenvalue weighted by molar-refractivity contribution is 8.27. The number of nitrogens with zero attached hydrogens (tertiary/aromatic N) is 1. The number of hydrogen-bond acceptors (Lipinski definition) is 5. The van der Waals surface area contributed by atoms with Crippen molar-refractivity contribution in [1.82, 2.24) is 0 Å². The van der Waals surface area contributed by atoms with Gasteiger partial charge >= 0.3 is 0 Å². The van der Waals surface area contributed by atoms with Gasteiger partial charge in [-0.15, -0.1) is 0 Å². The molecule has 1 heterocycles. The van der Waals surface area contributed by atoms with E-state index in [2.05, 4.69) is 0 Å². The number of carbonyl (C=O) groups is 1. The maximum Gasteiger partial charge on any atom is 0.270 e. The van der Waals surface area contributed by atoms with E-state index in [4.69, 9.17) is 56.5 Å². The monoisotopic (exact) mass is 567 g/mol. The van der Waals surface area contributed by atoms with Crippen molar-refractivity contribution in [3.05, 3.63) is 91.5 Å². The molecule has 0 bridgehead atoms. The van der Waals surface area contributed by atoms with Crippen molar-refractivity contribution < 1.29 is 18.7 Å². The Hall–Kier alpha value is -2.29. The van der Waals surface area contributed by atoms with E-state index in [0.717, 1.165) is 17.3 Å². The molecular weight excluding hydrogens is 552 g/mol. The zero-order valence-electron chi connectivity index (χ0n) is 18.2. The molecule has 3 aromatic carbocycles. The van der Waals surface area contributed by atoms with E-state index in [9.17, 15) is 9.18 Å². The number of ether oxygens (including phenoxy) is 2. The number of benzene rings is 3. The number of thioether (sulfide) groups is 1. The van der Waals surface area contributed by atoms with Gasteiger partial charge in [-0.25, -0.2) is 4.39 Å². The number of hydrogen-bond donors (Lipinski definition) is 0. The van der Waals surface area contributed by atoms with E-state index in [1.165, 1.54) is 23.1 Å². The second kappa shape index (κ2) is 11.2. The molecule has 0 atom stereocenters. The van der Waals surface area contributed by atoms with Gasteiger partial charge in [-0.3, -0.25) is 9.69 Å². The van der Waals surface area contributed by atoms with E-state index < -0.39 is 5.82 Å². The van der Waals surface area contributed by atoms with E-state index >= 15 is 0 Å². The maximum absolute atomic E-state index is 13.6. The molecule has 0 aliphatic carbocycles. The standard InChI is InChI=1S/C25H17Cl3FNO3S2/c1-2-32-21-10-15(9-19(28)23(21)33-13-14-3-5-16(26)6-4-14)11-22-24(31)30(25(34)35-22)17-7-8-20(29)18(27)12-17/h3-12H,2,13H2,1H3. The molecule has 0 unspecified atom stereocenters. The first kappa shape index (κ1) is 25.8. The van der Waals surface area contributed by atoms with Crippen molar-refractivity contribution in [3.63, 3.8) is 0 Å². The van der Waals surface area contributed by atoms with Crippen LogP contribution in [0.4, 0.5) is 10.1 Å². The Morgan fingerprint density at radius 3 is 2.46 bits per heavy atom. The Labute approximate surface area is 226 Å². The van der Waals surface area contributed by atoms with Crippen molar-refractivity contribution in [1.29, 1.82) is 0 Å². The molecule has 0 saturated carbocycles. The first-order chi connectivity index (χ1) is 16.8. The van der Waals surface area contributed by atoms with Crippen LogP contribution in [-0.2, 0) is 11.4 Å². The molecule has 1 saturated heterocycles.